The van der Waals surface area contributed by atoms with E-state index in [0.29, 0.717) is 5.75 Å². The Morgan fingerprint density at radius 2 is 1.67 bits per heavy atom. The second kappa shape index (κ2) is 4.13. The van der Waals surface area contributed by atoms with Crippen molar-refractivity contribution in [3.05, 3.63) is 54.3 Å². The van der Waals surface area contributed by atoms with E-state index < -0.39 is 0 Å². The quantitative estimate of drug-likeness (QED) is 0.724. The zero-order valence-corrected chi connectivity index (χ0v) is 8.33. The lowest BCUT2D eigenvalue weighted by atomic mass is 10.1. The van der Waals surface area contributed by atoms with Crippen LogP contribution in [0.15, 0.2) is 42.5 Å². The van der Waals surface area contributed by atoms with Gasteiger partial charge >= 0.3 is 0 Å². The van der Waals surface area contributed by atoms with Gasteiger partial charge in [0.05, 0.1) is 7.11 Å². The summed E-state index contributed by atoms with van der Waals surface area (Å²) < 4.78 is 17.7. The Labute approximate surface area is 88.1 Å². The molecule has 1 radical (unpaired) electrons. The van der Waals surface area contributed by atoms with E-state index in [1.54, 1.807) is 19.2 Å². The highest BCUT2D eigenvalue weighted by molar-refractivity contribution is 5.63. The molecule has 0 N–H and O–H groups in total. The third-order valence-corrected chi connectivity index (χ3v) is 2.18. The first kappa shape index (κ1) is 9.71. The Kier molecular flexibility index (Phi) is 2.68. The second-order valence-corrected chi connectivity index (χ2v) is 3.15. The fourth-order valence-electron chi connectivity index (χ4n) is 1.36. The third kappa shape index (κ3) is 2.15. The minimum absolute atomic E-state index is 0.226. The van der Waals surface area contributed by atoms with Crippen molar-refractivity contribution in [2.45, 2.75) is 0 Å². The highest BCUT2D eigenvalue weighted by Gasteiger charge is 1.98. The summed E-state index contributed by atoms with van der Waals surface area (Å²) in [6.45, 7) is 0. The van der Waals surface area contributed by atoms with Gasteiger partial charge in [-0.2, -0.15) is 0 Å². The van der Waals surface area contributed by atoms with E-state index in [9.17, 15) is 4.39 Å². The maximum absolute atomic E-state index is 12.7. The summed E-state index contributed by atoms with van der Waals surface area (Å²) in [5.41, 5.74) is 1.96. The fourth-order valence-corrected chi connectivity index (χ4v) is 1.36. The SMILES string of the molecule is COc1[c]cc(-c2ccc(F)cc2)cc1. The molecule has 0 aliphatic carbocycles. The Balaban J connectivity index is 2.33. The van der Waals surface area contributed by atoms with Gasteiger partial charge in [0.15, 0.2) is 0 Å². The van der Waals surface area contributed by atoms with Crippen LogP contribution in [0.3, 0.4) is 0 Å². The van der Waals surface area contributed by atoms with Crippen LogP contribution in [0.5, 0.6) is 5.75 Å². The maximum atomic E-state index is 12.7. The number of rotatable bonds is 2. The molecule has 2 aromatic rings. The van der Waals surface area contributed by atoms with Crippen LogP contribution < -0.4 is 4.74 Å². The summed E-state index contributed by atoms with van der Waals surface area (Å²) >= 11 is 0. The van der Waals surface area contributed by atoms with Crippen molar-refractivity contribution in [2.24, 2.45) is 0 Å². The molecule has 0 aromatic heterocycles. The molecule has 0 saturated carbocycles. The average Bonchev–Trinajstić information content (AvgIpc) is 2.30. The van der Waals surface area contributed by atoms with E-state index in [0.717, 1.165) is 11.1 Å². The molecule has 0 amide bonds. The second-order valence-electron chi connectivity index (χ2n) is 3.15. The molecule has 2 aromatic carbocycles. The number of ether oxygens (including phenoxy) is 1. The van der Waals surface area contributed by atoms with Crippen molar-refractivity contribution in [3.8, 4) is 16.9 Å². The predicted molar refractivity (Wildman–Crippen MR) is 57.2 cm³/mol. The van der Waals surface area contributed by atoms with E-state index in [1.165, 1.54) is 12.1 Å². The van der Waals surface area contributed by atoms with Gasteiger partial charge in [0.1, 0.15) is 11.6 Å². The van der Waals surface area contributed by atoms with Crippen molar-refractivity contribution >= 4 is 0 Å². The molecule has 0 aliphatic rings. The number of hydrogen-bond acceptors (Lipinski definition) is 1. The normalized spacial score (nSPS) is 10.0. The van der Waals surface area contributed by atoms with Crippen LogP contribution in [-0.2, 0) is 0 Å². The lowest BCUT2D eigenvalue weighted by Gasteiger charge is -2.02. The molecule has 15 heavy (non-hydrogen) atoms. The molecule has 0 aliphatic heterocycles. The number of hydrogen-bond donors (Lipinski definition) is 0. The van der Waals surface area contributed by atoms with Crippen molar-refractivity contribution in [3.63, 3.8) is 0 Å². The molecule has 75 valence electrons. The van der Waals surface area contributed by atoms with Crippen LogP contribution >= 0.6 is 0 Å². The Hall–Kier alpha value is -1.83. The van der Waals surface area contributed by atoms with E-state index in [2.05, 4.69) is 6.07 Å². The summed E-state index contributed by atoms with van der Waals surface area (Å²) in [5, 5.41) is 0. The maximum Gasteiger partial charge on any atom is 0.126 e. The van der Waals surface area contributed by atoms with Crippen molar-refractivity contribution in [1.29, 1.82) is 0 Å². The van der Waals surface area contributed by atoms with Gasteiger partial charge in [0, 0.05) is 6.07 Å². The van der Waals surface area contributed by atoms with Crippen molar-refractivity contribution in [1.82, 2.24) is 0 Å². The van der Waals surface area contributed by atoms with Crippen LogP contribution in [0.25, 0.3) is 11.1 Å². The highest BCUT2D eigenvalue weighted by atomic mass is 19.1. The van der Waals surface area contributed by atoms with Gasteiger partial charge in [-0.3, -0.25) is 0 Å². The van der Waals surface area contributed by atoms with Gasteiger partial charge in [0.2, 0.25) is 0 Å². The number of benzene rings is 2. The van der Waals surface area contributed by atoms with Crippen LogP contribution in [0.2, 0.25) is 0 Å². The zero-order valence-electron chi connectivity index (χ0n) is 8.33. The number of halogens is 1. The van der Waals surface area contributed by atoms with Crippen LogP contribution in [-0.4, -0.2) is 7.11 Å². The zero-order chi connectivity index (χ0) is 10.7. The predicted octanol–water partition coefficient (Wildman–Crippen LogP) is 3.30. The van der Waals surface area contributed by atoms with Gasteiger partial charge in [-0.1, -0.05) is 18.2 Å². The average molecular weight is 201 g/mol. The molecule has 0 bridgehead atoms. The summed E-state index contributed by atoms with van der Waals surface area (Å²) in [7, 11) is 1.60. The van der Waals surface area contributed by atoms with E-state index in [4.69, 9.17) is 4.74 Å². The molecule has 0 spiro atoms. The van der Waals surface area contributed by atoms with Gasteiger partial charge in [-0.05, 0) is 35.4 Å². The molecule has 0 heterocycles. The fraction of sp³-hybridized carbons (Fsp3) is 0.0769. The van der Waals surface area contributed by atoms with E-state index >= 15 is 0 Å². The van der Waals surface area contributed by atoms with Crippen LogP contribution in [0.1, 0.15) is 0 Å². The lowest BCUT2D eigenvalue weighted by Crippen LogP contribution is -1.83. The first-order chi connectivity index (χ1) is 7.29. The molecule has 0 saturated heterocycles. The summed E-state index contributed by atoms with van der Waals surface area (Å²) in [6, 6.07) is 14.9. The minimum atomic E-state index is -0.226. The first-order valence-electron chi connectivity index (χ1n) is 4.61. The third-order valence-electron chi connectivity index (χ3n) is 2.18. The van der Waals surface area contributed by atoms with Crippen LogP contribution in [0, 0.1) is 11.9 Å². The number of methoxy groups -OCH3 is 1. The van der Waals surface area contributed by atoms with E-state index in [1.807, 2.05) is 18.2 Å². The summed E-state index contributed by atoms with van der Waals surface area (Å²) in [6.07, 6.45) is 0. The lowest BCUT2D eigenvalue weighted by molar-refractivity contribution is 0.414. The molecule has 0 unspecified atom stereocenters. The molecule has 0 fully saturated rings. The summed E-state index contributed by atoms with van der Waals surface area (Å²) in [5.74, 6) is 0.470. The highest BCUT2D eigenvalue weighted by Crippen LogP contribution is 2.21. The smallest absolute Gasteiger partial charge is 0.126 e. The van der Waals surface area contributed by atoms with Crippen molar-refractivity contribution < 1.29 is 9.13 Å². The molecule has 2 heteroatoms. The van der Waals surface area contributed by atoms with Crippen molar-refractivity contribution in [2.75, 3.05) is 7.11 Å². The molecule has 2 rings (SSSR count). The van der Waals surface area contributed by atoms with E-state index in [-0.39, 0.29) is 5.82 Å². The van der Waals surface area contributed by atoms with Gasteiger partial charge in [0.25, 0.3) is 0 Å². The Bertz CT molecular complexity index is 431. The molecular formula is C13H10FO. The van der Waals surface area contributed by atoms with Gasteiger partial charge < -0.3 is 4.74 Å². The molecule has 1 nitrogen and oxygen atoms in total. The largest absolute Gasteiger partial charge is 0.496 e. The van der Waals surface area contributed by atoms with Gasteiger partial charge in [-0.25, -0.2) is 4.39 Å². The topological polar surface area (TPSA) is 9.23 Å². The molecular weight excluding hydrogens is 191 g/mol. The first-order valence-corrected chi connectivity index (χ1v) is 4.61. The Morgan fingerprint density at radius 3 is 2.20 bits per heavy atom. The molecule has 0 atom stereocenters. The monoisotopic (exact) mass is 201 g/mol. The Morgan fingerprint density at radius 1 is 1.00 bits per heavy atom. The van der Waals surface area contributed by atoms with Gasteiger partial charge in [-0.15, -0.1) is 0 Å². The summed E-state index contributed by atoms with van der Waals surface area (Å²) in [4.78, 5) is 0. The minimum Gasteiger partial charge on any atom is -0.496 e. The standard InChI is InChI=1S/C13H10FO/c1-15-13-8-4-11(5-9-13)10-2-6-12(14)7-3-10/h2-8H,1H3. The van der Waals surface area contributed by atoms with Crippen LogP contribution in [0.4, 0.5) is 4.39 Å².